The van der Waals surface area contributed by atoms with E-state index in [-0.39, 0.29) is 6.03 Å². The Kier molecular flexibility index (Phi) is 2.22. The number of hydrogen-bond donors (Lipinski definition) is 3. The normalized spacial score (nSPS) is 44.1. The molecule has 2 bridgehead atoms. The number of fused-ring (bicyclic) bond motifs is 5. The van der Waals surface area contributed by atoms with Crippen LogP contribution in [0.3, 0.4) is 0 Å². The number of nitrogens with one attached hydrogen (secondary N) is 2. The van der Waals surface area contributed by atoms with Gasteiger partial charge in [-0.2, -0.15) is 0 Å². The first-order chi connectivity index (χ1) is 9.11. The third-order valence-corrected chi connectivity index (χ3v) is 6.00. The maximum absolute atomic E-state index is 12.0. The van der Waals surface area contributed by atoms with Gasteiger partial charge in [-0.05, 0) is 62.2 Å². The van der Waals surface area contributed by atoms with Crippen LogP contribution in [0.2, 0.25) is 0 Å². The average molecular weight is 264 g/mol. The molecule has 5 nitrogen and oxygen atoms in total. The minimum atomic E-state index is -0.993. The molecule has 0 saturated heterocycles. The van der Waals surface area contributed by atoms with Gasteiger partial charge in [0.15, 0.2) is 0 Å². The number of amides is 2. The Morgan fingerprint density at radius 3 is 2.21 bits per heavy atom. The third-order valence-electron chi connectivity index (χ3n) is 6.00. The Hall–Kier alpha value is -1.26. The molecule has 0 aliphatic heterocycles. The SMILES string of the molecule is O=C(NC1C2C3CCC(C3)C12)NC1(C(=O)O)CCC1. The van der Waals surface area contributed by atoms with Gasteiger partial charge in [0.2, 0.25) is 0 Å². The summed E-state index contributed by atoms with van der Waals surface area (Å²) in [5.41, 5.74) is -0.993. The Bertz CT molecular complexity index is 430. The van der Waals surface area contributed by atoms with E-state index in [0.717, 1.165) is 18.3 Å². The van der Waals surface area contributed by atoms with Crippen LogP contribution in [-0.4, -0.2) is 28.7 Å². The number of carboxylic acid groups (broad SMARTS) is 1. The molecule has 0 aromatic heterocycles. The molecule has 2 amide bonds. The second-order valence-electron chi connectivity index (χ2n) is 6.85. The van der Waals surface area contributed by atoms with Crippen molar-refractivity contribution in [2.75, 3.05) is 0 Å². The Balaban J connectivity index is 1.35. The number of aliphatic carboxylic acids is 1. The number of rotatable bonds is 3. The zero-order valence-electron chi connectivity index (χ0n) is 10.9. The summed E-state index contributed by atoms with van der Waals surface area (Å²) in [6.07, 6.45) is 5.99. The van der Waals surface area contributed by atoms with E-state index in [1.807, 2.05) is 0 Å². The van der Waals surface area contributed by atoms with Gasteiger partial charge in [-0.3, -0.25) is 0 Å². The average Bonchev–Trinajstić information content (AvgIpc) is 2.71. The van der Waals surface area contributed by atoms with Gasteiger partial charge in [-0.15, -0.1) is 0 Å². The van der Waals surface area contributed by atoms with E-state index >= 15 is 0 Å². The highest BCUT2D eigenvalue weighted by Crippen LogP contribution is 2.65. The van der Waals surface area contributed by atoms with Crippen molar-refractivity contribution in [1.82, 2.24) is 10.6 Å². The second kappa shape index (κ2) is 3.64. The van der Waals surface area contributed by atoms with Gasteiger partial charge in [0.05, 0.1) is 0 Å². The zero-order chi connectivity index (χ0) is 13.2. The fourth-order valence-corrected chi connectivity index (χ4v) is 4.85. The molecule has 0 heterocycles. The summed E-state index contributed by atoms with van der Waals surface area (Å²) >= 11 is 0. The molecule has 4 aliphatic rings. The molecule has 4 aliphatic carbocycles. The molecule has 4 atom stereocenters. The molecule has 0 spiro atoms. The third kappa shape index (κ3) is 1.53. The smallest absolute Gasteiger partial charge is 0.329 e. The van der Waals surface area contributed by atoms with Gasteiger partial charge in [0.25, 0.3) is 0 Å². The molecule has 0 aromatic rings. The predicted octanol–water partition coefficient (Wildman–Crippen LogP) is 1.34. The maximum atomic E-state index is 12.0. The standard InChI is InChI=1S/C14H20N2O3/c17-12(18)14(4-1-5-14)16-13(19)15-11-9-7-2-3-8(6-7)10(9)11/h7-11H,1-6H2,(H,17,18)(H2,15,16,19). The molecule has 4 fully saturated rings. The number of hydrogen-bond acceptors (Lipinski definition) is 2. The molecular formula is C14H20N2O3. The Morgan fingerprint density at radius 2 is 1.74 bits per heavy atom. The van der Waals surface area contributed by atoms with E-state index in [2.05, 4.69) is 10.6 Å². The fraction of sp³-hybridized carbons (Fsp3) is 0.857. The molecule has 4 rings (SSSR count). The number of carbonyl (C=O) groups is 2. The van der Waals surface area contributed by atoms with E-state index in [1.54, 1.807) is 0 Å². The van der Waals surface area contributed by atoms with Crippen LogP contribution < -0.4 is 10.6 Å². The minimum absolute atomic E-state index is 0.277. The molecule has 3 N–H and O–H groups in total. The van der Waals surface area contributed by atoms with Crippen LogP contribution in [0.5, 0.6) is 0 Å². The highest BCUT2D eigenvalue weighted by molar-refractivity contribution is 5.87. The van der Waals surface area contributed by atoms with Gasteiger partial charge in [-0.1, -0.05) is 0 Å². The molecule has 0 aromatic carbocycles. The number of carboxylic acids is 1. The van der Waals surface area contributed by atoms with E-state index in [4.69, 9.17) is 0 Å². The van der Waals surface area contributed by atoms with Gasteiger partial charge in [-0.25, -0.2) is 9.59 Å². The summed E-state index contributed by atoms with van der Waals surface area (Å²) < 4.78 is 0. The quantitative estimate of drug-likeness (QED) is 0.719. The summed E-state index contributed by atoms with van der Waals surface area (Å²) in [5.74, 6) is 2.11. The lowest BCUT2D eigenvalue weighted by molar-refractivity contribution is -0.148. The molecular weight excluding hydrogens is 244 g/mol. The minimum Gasteiger partial charge on any atom is -0.480 e. The van der Waals surface area contributed by atoms with Gasteiger partial charge in [0.1, 0.15) is 5.54 Å². The summed E-state index contributed by atoms with van der Waals surface area (Å²) in [5, 5.41) is 14.9. The Labute approximate surface area is 112 Å². The van der Waals surface area contributed by atoms with Crippen molar-refractivity contribution < 1.29 is 14.7 Å². The lowest BCUT2D eigenvalue weighted by Crippen LogP contribution is -2.61. The molecule has 104 valence electrons. The van der Waals surface area contributed by atoms with Gasteiger partial charge >= 0.3 is 12.0 Å². The fourth-order valence-electron chi connectivity index (χ4n) is 4.85. The number of urea groups is 1. The highest BCUT2D eigenvalue weighted by Gasteiger charge is 2.65. The first-order valence-electron chi connectivity index (χ1n) is 7.43. The van der Waals surface area contributed by atoms with E-state index in [9.17, 15) is 14.7 Å². The summed E-state index contributed by atoms with van der Waals surface area (Å²) in [6.45, 7) is 0. The first-order valence-corrected chi connectivity index (χ1v) is 7.43. The van der Waals surface area contributed by atoms with Crippen molar-refractivity contribution in [3.05, 3.63) is 0 Å². The molecule has 19 heavy (non-hydrogen) atoms. The first kappa shape index (κ1) is 11.6. The van der Waals surface area contributed by atoms with Crippen molar-refractivity contribution in [2.45, 2.75) is 50.1 Å². The van der Waals surface area contributed by atoms with Crippen LogP contribution in [0, 0.1) is 23.7 Å². The lowest BCUT2D eigenvalue weighted by Gasteiger charge is -2.38. The van der Waals surface area contributed by atoms with Crippen LogP contribution >= 0.6 is 0 Å². The second-order valence-corrected chi connectivity index (χ2v) is 6.85. The van der Waals surface area contributed by atoms with Crippen LogP contribution in [0.4, 0.5) is 4.79 Å². The van der Waals surface area contributed by atoms with Gasteiger partial charge < -0.3 is 15.7 Å². The largest absolute Gasteiger partial charge is 0.480 e. The summed E-state index contributed by atoms with van der Waals surface area (Å²) in [4.78, 5) is 23.2. The molecule has 4 saturated carbocycles. The highest BCUT2D eigenvalue weighted by atomic mass is 16.4. The van der Waals surface area contributed by atoms with E-state index in [0.29, 0.717) is 30.7 Å². The zero-order valence-corrected chi connectivity index (χ0v) is 10.9. The molecule has 4 unspecified atom stereocenters. The van der Waals surface area contributed by atoms with Crippen LogP contribution in [-0.2, 0) is 4.79 Å². The summed E-state index contributed by atoms with van der Waals surface area (Å²) in [6, 6.07) is 0.0399. The predicted molar refractivity (Wildman–Crippen MR) is 67.5 cm³/mol. The monoisotopic (exact) mass is 264 g/mol. The van der Waals surface area contributed by atoms with Crippen molar-refractivity contribution in [3.8, 4) is 0 Å². The molecule has 0 radical (unpaired) electrons. The topological polar surface area (TPSA) is 78.4 Å². The van der Waals surface area contributed by atoms with Crippen LogP contribution in [0.25, 0.3) is 0 Å². The number of carbonyl (C=O) groups excluding carboxylic acids is 1. The lowest BCUT2D eigenvalue weighted by atomic mass is 9.77. The van der Waals surface area contributed by atoms with E-state index in [1.165, 1.54) is 19.3 Å². The van der Waals surface area contributed by atoms with E-state index < -0.39 is 11.5 Å². The van der Waals surface area contributed by atoms with Crippen LogP contribution in [0.1, 0.15) is 38.5 Å². The van der Waals surface area contributed by atoms with Crippen molar-refractivity contribution in [3.63, 3.8) is 0 Å². The Morgan fingerprint density at radius 1 is 1.11 bits per heavy atom. The van der Waals surface area contributed by atoms with Crippen molar-refractivity contribution in [2.24, 2.45) is 23.7 Å². The molecule has 5 heteroatoms. The summed E-state index contributed by atoms with van der Waals surface area (Å²) in [7, 11) is 0. The van der Waals surface area contributed by atoms with Crippen LogP contribution in [0.15, 0.2) is 0 Å². The van der Waals surface area contributed by atoms with Crippen molar-refractivity contribution in [1.29, 1.82) is 0 Å². The van der Waals surface area contributed by atoms with Gasteiger partial charge in [0, 0.05) is 6.04 Å². The van der Waals surface area contributed by atoms with Crippen molar-refractivity contribution >= 4 is 12.0 Å². The maximum Gasteiger partial charge on any atom is 0.329 e.